The van der Waals surface area contributed by atoms with E-state index in [1.54, 1.807) is 0 Å². The number of nitro benzene ring substituents is 1. The Morgan fingerprint density at radius 3 is 2.52 bits per heavy atom. The molecule has 0 radical (unpaired) electrons. The van der Waals surface area contributed by atoms with Gasteiger partial charge in [0.25, 0.3) is 5.69 Å². The minimum atomic E-state index is -0.651. The number of carbonyl (C=O) groups excluding carboxylic acids is 1. The van der Waals surface area contributed by atoms with Gasteiger partial charge in [0.2, 0.25) is 5.91 Å². The van der Waals surface area contributed by atoms with Crippen LogP contribution in [0, 0.1) is 15.5 Å². The smallest absolute Gasteiger partial charge is 0.292 e. The number of primary amides is 1. The molecule has 116 valence electrons. The molecule has 0 saturated heterocycles. The number of anilines is 1. The first-order valence-corrected chi connectivity index (χ1v) is 6.62. The zero-order valence-electron chi connectivity index (χ0n) is 12.4. The Morgan fingerprint density at radius 2 is 2.10 bits per heavy atom. The Labute approximate surface area is 123 Å². The predicted molar refractivity (Wildman–Crippen MR) is 80.2 cm³/mol. The van der Waals surface area contributed by atoms with E-state index in [1.165, 1.54) is 18.2 Å². The van der Waals surface area contributed by atoms with E-state index >= 15 is 0 Å². The van der Waals surface area contributed by atoms with Crippen LogP contribution in [0.4, 0.5) is 11.4 Å². The highest BCUT2D eigenvalue weighted by atomic mass is 16.6. The number of hydrogen-bond donors (Lipinski definition) is 3. The van der Waals surface area contributed by atoms with E-state index in [0.29, 0.717) is 6.42 Å². The van der Waals surface area contributed by atoms with Gasteiger partial charge in [-0.25, -0.2) is 0 Å². The quantitative estimate of drug-likeness (QED) is 0.547. The fourth-order valence-electron chi connectivity index (χ4n) is 2.00. The number of nitrogens with zero attached hydrogens (tertiary/aromatic N) is 1. The molecule has 1 atom stereocenters. The molecule has 21 heavy (non-hydrogen) atoms. The van der Waals surface area contributed by atoms with Gasteiger partial charge in [0.15, 0.2) is 0 Å². The van der Waals surface area contributed by atoms with Gasteiger partial charge in [-0.2, -0.15) is 0 Å². The average Bonchev–Trinajstić information content (AvgIpc) is 2.36. The van der Waals surface area contributed by atoms with Crippen molar-refractivity contribution in [3.05, 3.63) is 33.9 Å². The van der Waals surface area contributed by atoms with E-state index in [9.17, 15) is 14.9 Å². The second kappa shape index (κ2) is 6.53. The summed E-state index contributed by atoms with van der Waals surface area (Å²) in [7, 11) is 0. The van der Waals surface area contributed by atoms with Gasteiger partial charge in [-0.05, 0) is 24.0 Å². The number of aliphatic hydroxyl groups is 1. The zero-order valence-corrected chi connectivity index (χ0v) is 12.4. The van der Waals surface area contributed by atoms with E-state index in [-0.39, 0.29) is 35.0 Å². The van der Waals surface area contributed by atoms with Crippen LogP contribution in [0.5, 0.6) is 0 Å². The molecule has 0 spiro atoms. The summed E-state index contributed by atoms with van der Waals surface area (Å²) in [6.07, 6.45) is 0.432. The fourth-order valence-corrected chi connectivity index (χ4v) is 2.00. The van der Waals surface area contributed by atoms with Gasteiger partial charge in [0.05, 0.1) is 4.92 Å². The highest BCUT2D eigenvalue weighted by Crippen LogP contribution is 2.31. The second-order valence-electron chi connectivity index (χ2n) is 5.93. The van der Waals surface area contributed by atoms with Gasteiger partial charge >= 0.3 is 0 Å². The molecule has 0 aromatic heterocycles. The van der Waals surface area contributed by atoms with E-state index in [0.717, 1.165) is 0 Å². The van der Waals surface area contributed by atoms with Crippen molar-refractivity contribution in [2.24, 2.45) is 11.1 Å². The van der Waals surface area contributed by atoms with Gasteiger partial charge < -0.3 is 16.2 Å². The number of benzene rings is 1. The Bertz CT molecular complexity index is 538. The molecule has 0 aliphatic heterocycles. The molecule has 0 fully saturated rings. The number of amides is 1. The van der Waals surface area contributed by atoms with E-state index in [2.05, 4.69) is 5.32 Å². The first kappa shape index (κ1) is 16.9. The largest absolute Gasteiger partial charge is 0.396 e. The maximum Gasteiger partial charge on any atom is 0.292 e. The molecule has 7 nitrogen and oxygen atoms in total. The Morgan fingerprint density at radius 1 is 1.48 bits per heavy atom. The number of aliphatic hydroxyl groups excluding tert-OH is 1. The first-order chi connectivity index (χ1) is 9.66. The molecular formula is C14H21N3O4. The van der Waals surface area contributed by atoms with Crippen molar-refractivity contribution in [3.8, 4) is 0 Å². The molecule has 0 saturated carbocycles. The normalized spacial score (nSPS) is 12.8. The number of rotatable bonds is 6. The third-order valence-corrected chi connectivity index (χ3v) is 3.27. The second-order valence-corrected chi connectivity index (χ2v) is 5.93. The summed E-state index contributed by atoms with van der Waals surface area (Å²) in [6, 6.07) is 3.76. The van der Waals surface area contributed by atoms with Gasteiger partial charge in [-0.15, -0.1) is 0 Å². The van der Waals surface area contributed by atoms with Crippen LogP contribution in [0.25, 0.3) is 0 Å². The van der Waals surface area contributed by atoms with Gasteiger partial charge in [-0.3, -0.25) is 14.9 Å². The standard InChI is InChI=1S/C14H21N3O4/c1-14(2,3)12(6-7-18)16-10-8-9(13(15)19)4-5-11(10)17(20)21/h4-5,8,12,16,18H,6-7H2,1-3H3,(H2,15,19). The predicted octanol–water partition coefficient (Wildman–Crippen LogP) is 1.90. The molecule has 1 unspecified atom stereocenters. The molecule has 1 rings (SSSR count). The summed E-state index contributed by atoms with van der Waals surface area (Å²) in [4.78, 5) is 21.8. The molecule has 1 aromatic rings. The maximum atomic E-state index is 11.2. The van der Waals surface area contributed by atoms with Crippen molar-refractivity contribution in [1.82, 2.24) is 0 Å². The SMILES string of the molecule is CC(C)(C)C(CCO)Nc1cc(C(N)=O)ccc1[N+](=O)[O-]. The third kappa shape index (κ3) is 4.42. The highest BCUT2D eigenvalue weighted by molar-refractivity contribution is 5.94. The van der Waals surface area contributed by atoms with Crippen LogP contribution in [0.1, 0.15) is 37.6 Å². The molecule has 1 aromatic carbocycles. The van der Waals surface area contributed by atoms with Crippen LogP contribution in [0.2, 0.25) is 0 Å². The Balaban J connectivity index is 3.21. The molecule has 0 aliphatic rings. The Hall–Kier alpha value is -2.15. The maximum absolute atomic E-state index is 11.2. The average molecular weight is 295 g/mol. The monoisotopic (exact) mass is 295 g/mol. The molecule has 1 amide bonds. The van der Waals surface area contributed by atoms with Gasteiger partial charge in [0.1, 0.15) is 5.69 Å². The van der Waals surface area contributed by atoms with Crippen molar-refractivity contribution in [2.75, 3.05) is 11.9 Å². The van der Waals surface area contributed by atoms with E-state index < -0.39 is 10.8 Å². The third-order valence-electron chi connectivity index (χ3n) is 3.27. The van der Waals surface area contributed by atoms with Crippen LogP contribution in [0.15, 0.2) is 18.2 Å². The number of hydrogen-bond acceptors (Lipinski definition) is 5. The summed E-state index contributed by atoms with van der Waals surface area (Å²) in [6.45, 7) is 5.84. The van der Waals surface area contributed by atoms with E-state index in [4.69, 9.17) is 10.8 Å². The number of nitro groups is 1. The lowest BCUT2D eigenvalue weighted by Gasteiger charge is -2.32. The van der Waals surface area contributed by atoms with Crippen molar-refractivity contribution < 1.29 is 14.8 Å². The summed E-state index contributed by atoms with van der Waals surface area (Å²) in [5.41, 5.74) is 5.27. The highest BCUT2D eigenvalue weighted by Gasteiger charge is 2.27. The zero-order chi connectivity index (χ0) is 16.2. The topological polar surface area (TPSA) is 118 Å². The van der Waals surface area contributed by atoms with Crippen LogP contribution in [0.3, 0.4) is 0 Å². The summed E-state index contributed by atoms with van der Waals surface area (Å²) < 4.78 is 0. The van der Waals surface area contributed by atoms with Crippen molar-refractivity contribution in [3.63, 3.8) is 0 Å². The first-order valence-electron chi connectivity index (χ1n) is 6.62. The van der Waals surface area contributed by atoms with Crippen LogP contribution < -0.4 is 11.1 Å². The number of nitrogens with one attached hydrogen (secondary N) is 1. The lowest BCUT2D eigenvalue weighted by Crippen LogP contribution is -2.35. The molecule has 0 heterocycles. The summed E-state index contributed by atoms with van der Waals surface area (Å²) in [5, 5.41) is 23.3. The molecule has 0 aliphatic carbocycles. The lowest BCUT2D eigenvalue weighted by atomic mass is 9.84. The molecule has 0 bridgehead atoms. The lowest BCUT2D eigenvalue weighted by molar-refractivity contribution is -0.384. The fraction of sp³-hybridized carbons (Fsp3) is 0.500. The summed E-state index contributed by atoms with van der Waals surface area (Å²) >= 11 is 0. The summed E-state index contributed by atoms with van der Waals surface area (Å²) in [5.74, 6) is -0.651. The van der Waals surface area contributed by atoms with Crippen molar-refractivity contribution >= 4 is 17.3 Å². The molecule has 4 N–H and O–H groups in total. The van der Waals surface area contributed by atoms with E-state index in [1.807, 2.05) is 20.8 Å². The van der Waals surface area contributed by atoms with Gasteiger partial charge in [-0.1, -0.05) is 20.8 Å². The number of nitrogens with two attached hydrogens (primary N) is 1. The van der Waals surface area contributed by atoms with Gasteiger partial charge in [0, 0.05) is 24.3 Å². The Kier molecular flexibility index (Phi) is 5.26. The van der Waals surface area contributed by atoms with Crippen molar-refractivity contribution in [2.45, 2.75) is 33.2 Å². The number of carbonyl (C=O) groups is 1. The molecular weight excluding hydrogens is 274 g/mol. The van der Waals surface area contributed by atoms with Crippen LogP contribution in [-0.2, 0) is 0 Å². The van der Waals surface area contributed by atoms with Crippen molar-refractivity contribution in [1.29, 1.82) is 0 Å². The van der Waals surface area contributed by atoms with Crippen LogP contribution in [-0.4, -0.2) is 28.6 Å². The molecule has 7 heteroatoms. The van der Waals surface area contributed by atoms with Crippen LogP contribution >= 0.6 is 0 Å². The minimum absolute atomic E-state index is 0.0434. The minimum Gasteiger partial charge on any atom is -0.396 e.